The van der Waals surface area contributed by atoms with E-state index in [9.17, 15) is 13.2 Å². The van der Waals surface area contributed by atoms with Crippen molar-refractivity contribution in [2.45, 2.75) is 31.9 Å². The second-order valence-corrected chi connectivity index (χ2v) is 5.78. The van der Waals surface area contributed by atoms with Gasteiger partial charge in [-0.2, -0.15) is 18.3 Å². The lowest BCUT2D eigenvalue weighted by Gasteiger charge is -2.08. The zero-order valence-electron chi connectivity index (χ0n) is 12.7. The predicted octanol–water partition coefficient (Wildman–Crippen LogP) is 4.13. The molecule has 0 amide bonds. The topological polar surface area (TPSA) is 56.7 Å². The van der Waals surface area contributed by atoms with Crippen LogP contribution in [0.1, 0.15) is 35.9 Å². The van der Waals surface area contributed by atoms with Crippen LogP contribution in [0.3, 0.4) is 0 Å². The van der Waals surface area contributed by atoms with E-state index in [2.05, 4.69) is 15.1 Å². The van der Waals surface area contributed by atoms with Crippen molar-refractivity contribution in [1.82, 2.24) is 19.7 Å². The van der Waals surface area contributed by atoms with Crippen molar-refractivity contribution in [2.24, 2.45) is 0 Å². The summed E-state index contributed by atoms with van der Waals surface area (Å²) in [7, 11) is 0. The van der Waals surface area contributed by atoms with E-state index in [0.717, 1.165) is 25.0 Å². The maximum Gasteiger partial charge on any atom is 0.416 e. The fraction of sp³-hybridized carbons (Fsp3) is 0.312. The number of hydrogen-bond donors (Lipinski definition) is 0. The Bertz CT molecular complexity index is 876. The molecule has 0 N–H and O–H groups in total. The zero-order valence-corrected chi connectivity index (χ0v) is 12.7. The van der Waals surface area contributed by atoms with E-state index in [-0.39, 0.29) is 0 Å². The van der Waals surface area contributed by atoms with E-state index in [1.54, 1.807) is 6.92 Å². The number of benzene rings is 1. The Labute approximate surface area is 135 Å². The third kappa shape index (κ3) is 2.57. The second kappa shape index (κ2) is 5.19. The summed E-state index contributed by atoms with van der Waals surface area (Å²) in [5.74, 6) is 2.06. The Balaban J connectivity index is 1.81. The highest BCUT2D eigenvalue weighted by Gasteiger charge is 2.32. The first-order valence-corrected chi connectivity index (χ1v) is 7.48. The van der Waals surface area contributed by atoms with E-state index in [0.29, 0.717) is 34.7 Å². The lowest BCUT2D eigenvalue weighted by molar-refractivity contribution is -0.137. The number of hydrogen-bond acceptors (Lipinski definition) is 4. The fourth-order valence-electron chi connectivity index (χ4n) is 2.49. The summed E-state index contributed by atoms with van der Waals surface area (Å²) in [6.45, 7) is 1.75. The maximum absolute atomic E-state index is 12.7. The molecular formula is C16H13F3N4O. The van der Waals surface area contributed by atoms with Gasteiger partial charge >= 0.3 is 6.18 Å². The van der Waals surface area contributed by atoms with Gasteiger partial charge in [-0.25, -0.2) is 14.6 Å². The molecule has 4 rings (SSSR count). The monoisotopic (exact) mass is 334 g/mol. The summed E-state index contributed by atoms with van der Waals surface area (Å²) < 4.78 is 45.0. The van der Waals surface area contributed by atoms with Gasteiger partial charge in [0.15, 0.2) is 18.0 Å². The van der Waals surface area contributed by atoms with Crippen molar-refractivity contribution in [3.8, 4) is 17.2 Å². The van der Waals surface area contributed by atoms with Crippen LogP contribution >= 0.6 is 0 Å². The number of aryl methyl sites for hydroxylation is 1. The first-order chi connectivity index (χ1) is 11.4. The van der Waals surface area contributed by atoms with Gasteiger partial charge in [0.1, 0.15) is 11.5 Å². The van der Waals surface area contributed by atoms with E-state index >= 15 is 0 Å². The highest BCUT2D eigenvalue weighted by atomic mass is 19.4. The Morgan fingerprint density at radius 3 is 2.42 bits per heavy atom. The molecule has 1 saturated carbocycles. The first kappa shape index (κ1) is 14.9. The standard InChI is InChI=1S/C16H13F3N4O/c1-9-13(20-8-24-9)15-21-14(10-2-3-10)22-23(15)12-6-4-11(5-7-12)16(17,18)19/h4-8,10H,2-3H2,1H3. The molecule has 24 heavy (non-hydrogen) atoms. The largest absolute Gasteiger partial charge is 0.448 e. The van der Waals surface area contributed by atoms with Crippen molar-refractivity contribution in [3.63, 3.8) is 0 Å². The van der Waals surface area contributed by atoms with Gasteiger partial charge in [-0.1, -0.05) is 0 Å². The molecule has 124 valence electrons. The summed E-state index contributed by atoms with van der Waals surface area (Å²) in [6.07, 6.45) is -1.01. The van der Waals surface area contributed by atoms with E-state index in [4.69, 9.17) is 4.42 Å². The SMILES string of the molecule is Cc1ocnc1-c1nc(C2CC2)nn1-c1ccc(C(F)(F)F)cc1. The summed E-state index contributed by atoms with van der Waals surface area (Å²) in [5.41, 5.74) is 0.335. The van der Waals surface area contributed by atoms with Crippen molar-refractivity contribution in [1.29, 1.82) is 0 Å². The normalized spacial score (nSPS) is 15.0. The third-order valence-electron chi connectivity index (χ3n) is 3.96. The fourth-order valence-corrected chi connectivity index (χ4v) is 2.49. The molecule has 1 fully saturated rings. The minimum atomic E-state index is -4.37. The summed E-state index contributed by atoms with van der Waals surface area (Å²) in [5, 5.41) is 4.47. The molecule has 0 bridgehead atoms. The Morgan fingerprint density at radius 1 is 1.17 bits per heavy atom. The predicted molar refractivity (Wildman–Crippen MR) is 78.6 cm³/mol. The highest BCUT2D eigenvalue weighted by molar-refractivity contribution is 5.55. The van der Waals surface area contributed by atoms with Gasteiger partial charge in [-0.15, -0.1) is 0 Å². The smallest absolute Gasteiger partial charge is 0.416 e. The summed E-state index contributed by atoms with van der Waals surface area (Å²) >= 11 is 0. The van der Waals surface area contributed by atoms with Crippen LogP contribution in [0.15, 0.2) is 35.1 Å². The van der Waals surface area contributed by atoms with Crippen LogP contribution in [0.25, 0.3) is 17.2 Å². The Kier molecular flexibility index (Phi) is 3.22. The lowest BCUT2D eigenvalue weighted by Crippen LogP contribution is -2.06. The summed E-state index contributed by atoms with van der Waals surface area (Å²) in [6, 6.07) is 4.83. The number of oxazole rings is 1. The van der Waals surface area contributed by atoms with Crippen LogP contribution in [-0.2, 0) is 6.18 Å². The number of rotatable bonds is 3. The molecule has 3 aromatic rings. The van der Waals surface area contributed by atoms with Crippen molar-refractivity contribution in [3.05, 3.63) is 47.8 Å². The van der Waals surface area contributed by atoms with E-state index in [1.165, 1.54) is 23.2 Å². The Morgan fingerprint density at radius 2 is 1.88 bits per heavy atom. The van der Waals surface area contributed by atoms with Gasteiger partial charge in [0.05, 0.1) is 11.3 Å². The van der Waals surface area contributed by atoms with Crippen LogP contribution in [0.4, 0.5) is 13.2 Å². The lowest BCUT2D eigenvalue weighted by atomic mass is 10.2. The highest BCUT2D eigenvalue weighted by Crippen LogP contribution is 2.39. The number of alkyl halides is 3. The molecule has 0 spiro atoms. The maximum atomic E-state index is 12.7. The molecule has 0 atom stereocenters. The van der Waals surface area contributed by atoms with Gasteiger partial charge in [-0.05, 0) is 44.0 Å². The van der Waals surface area contributed by atoms with E-state index in [1.807, 2.05) is 0 Å². The van der Waals surface area contributed by atoms with E-state index < -0.39 is 11.7 Å². The number of aromatic nitrogens is 4. The van der Waals surface area contributed by atoms with Crippen LogP contribution in [0, 0.1) is 6.92 Å². The molecule has 0 unspecified atom stereocenters. The quantitative estimate of drug-likeness (QED) is 0.723. The van der Waals surface area contributed by atoms with Gasteiger partial charge < -0.3 is 4.42 Å². The minimum Gasteiger partial charge on any atom is -0.448 e. The Hall–Kier alpha value is -2.64. The number of halogens is 3. The molecule has 0 radical (unpaired) electrons. The zero-order chi connectivity index (χ0) is 16.9. The molecule has 0 saturated heterocycles. The van der Waals surface area contributed by atoms with Crippen LogP contribution in [0.2, 0.25) is 0 Å². The number of nitrogens with zero attached hydrogens (tertiary/aromatic N) is 4. The molecule has 1 aliphatic carbocycles. The van der Waals surface area contributed by atoms with Gasteiger partial charge in [0.25, 0.3) is 0 Å². The third-order valence-corrected chi connectivity index (χ3v) is 3.96. The first-order valence-electron chi connectivity index (χ1n) is 7.48. The van der Waals surface area contributed by atoms with Gasteiger partial charge in [0.2, 0.25) is 0 Å². The second-order valence-electron chi connectivity index (χ2n) is 5.78. The van der Waals surface area contributed by atoms with Crippen LogP contribution in [-0.4, -0.2) is 19.7 Å². The molecule has 5 nitrogen and oxygen atoms in total. The van der Waals surface area contributed by atoms with Crippen molar-refractivity contribution >= 4 is 0 Å². The molecule has 2 heterocycles. The van der Waals surface area contributed by atoms with Crippen molar-refractivity contribution in [2.75, 3.05) is 0 Å². The molecule has 2 aromatic heterocycles. The molecular weight excluding hydrogens is 321 g/mol. The molecule has 1 aliphatic rings. The summed E-state index contributed by atoms with van der Waals surface area (Å²) in [4.78, 5) is 8.68. The van der Waals surface area contributed by atoms with Crippen LogP contribution in [0.5, 0.6) is 0 Å². The van der Waals surface area contributed by atoms with Gasteiger partial charge in [-0.3, -0.25) is 0 Å². The van der Waals surface area contributed by atoms with Crippen molar-refractivity contribution < 1.29 is 17.6 Å². The molecule has 1 aromatic carbocycles. The minimum absolute atomic E-state index is 0.312. The average molecular weight is 334 g/mol. The molecule has 0 aliphatic heterocycles. The van der Waals surface area contributed by atoms with Crippen LogP contribution < -0.4 is 0 Å². The molecule has 8 heteroatoms. The average Bonchev–Trinajstić information content (AvgIpc) is 3.16. The van der Waals surface area contributed by atoms with Gasteiger partial charge in [0, 0.05) is 5.92 Å².